The van der Waals surface area contributed by atoms with E-state index in [2.05, 4.69) is 15.0 Å². The Balaban J connectivity index is 2.18. The molecule has 0 spiro atoms. The summed E-state index contributed by atoms with van der Waals surface area (Å²) in [5, 5.41) is 11.3. The molecule has 29 heavy (non-hydrogen) atoms. The minimum Gasteiger partial charge on any atom is -0.530 e. The van der Waals surface area contributed by atoms with Gasteiger partial charge in [0.05, 0.1) is 38.9 Å². The zero-order valence-electron chi connectivity index (χ0n) is 16.4. The summed E-state index contributed by atoms with van der Waals surface area (Å²) in [6.07, 6.45) is 0.157. The molecule has 3 aromatic rings. The quantitative estimate of drug-likeness (QED) is 0.654. The highest BCUT2D eigenvalue weighted by Gasteiger charge is 2.17. The van der Waals surface area contributed by atoms with Crippen LogP contribution >= 0.6 is 0 Å². The Bertz CT molecular complexity index is 1050. The first-order valence-corrected chi connectivity index (χ1v) is 8.65. The Morgan fingerprint density at radius 1 is 1.10 bits per heavy atom. The standard InChI is InChI=1S/C19H21N5O5/c1-5-24(19(25)26)15-8-11(20)16-18(23-15)22-12(9-21-16)10-6-13(27-2)17(29-4)14(7-10)28-3/h6-9H,5H2,1-4H3,(H,25,26)(H2,20,22,23)/p-1. The average molecular weight is 398 g/mol. The first-order chi connectivity index (χ1) is 13.9. The number of nitrogens with two attached hydrogens (primary N) is 1. The summed E-state index contributed by atoms with van der Waals surface area (Å²) in [6.45, 7) is 1.82. The number of aromatic nitrogens is 3. The molecule has 0 unspecified atom stereocenters. The van der Waals surface area contributed by atoms with Crippen LogP contribution in [-0.2, 0) is 0 Å². The van der Waals surface area contributed by atoms with Crippen molar-refractivity contribution in [3.05, 3.63) is 24.4 Å². The monoisotopic (exact) mass is 398 g/mol. The molecule has 2 heterocycles. The molecule has 0 radical (unpaired) electrons. The van der Waals surface area contributed by atoms with Crippen molar-refractivity contribution in [2.75, 3.05) is 38.5 Å². The predicted molar refractivity (Wildman–Crippen MR) is 105 cm³/mol. The molecule has 0 saturated heterocycles. The molecule has 10 heteroatoms. The largest absolute Gasteiger partial charge is 0.530 e. The Morgan fingerprint density at radius 2 is 1.76 bits per heavy atom. The van der Waals surface area contributed by atoms with Crippen LogP contribution in [0, 0.1) is 0 Å². The molecule has 0 aliphatic rings. The van der Waals surface area contributed by atoms with Crippen molar-refractivity contribution in [3.63, 3.8) is 0 Å². The number of carbonyl (C=O) groups excluding carboxylic acids is 1. The third-order valence-electron chi connectivity index (χ3n) is 4.31. The summed E-state index contributed by atoms with van der Waals surface area (Å²) < 4.78 is 16.1. The summed E-state index contributed by atoms with van der Waals surface area (Å²) in [6, 6.07) is 4.88. The Morgan fingerprint density at radius 3 is 2.28 bits per heavy atom. The fraction of sp³-hybridized carbons (Fsp3) is 0.263. The molecule has 2 aromatic heterocycles. The van der Waals surface area contributed by atoms with Gasteiger partial charge in [0, 0.05) is 18.2 Å². The van der Waals surface area contributed by atoms with Crippen molar-refractivity contribution in [1.29, 1.82) is 0 Å². The van der Waals surface area contributed by atoms with Gasteiger partial charge in [-0.05, 0) is 19.1 Å². The SMILES string of the molecule is CCN(C(=O)[O-])c1cc(N)c2ncc(-c3cc(OC)c(OC)c(OC)c3)nc2n1. The third kappa shape index (κ3) is 3.64. The van der Waals surface area contributed by atoms with Crippen LogP contribution < -0.4 is 30.0 Å². The lowest BCUT2D eigenvalue weighted by Gasteiger charge is -2.22. The summed E-state index contributed by atoms with van der Waals surface area (Å²) >= 11 is 0. The summed E-state index contributed by atoms with van der Waals surface area (Å²) in [7, 11) is 4.54. The van der Waals surface area contributed by atoms with E-state index < -0.39 is 6.09 Å². The van der Waals surface area contributed by atoms with Crippen molar-refractivity contribution >= 4 is 28.8 Å². The maximum atomic E-state index is 11.3. The Labute approximate surface area is 166 Å². The Kier molecular flexibility index (Phi) is 5.53. The van der Waals surface area contributed by atoms with Crippen LogP contribution in [0.2, 0.25) is 0 Å². The molecule has 0 atom stereocenters. The number of ether oxygens (including phenoxy) is 3. The zero-order chi connectivity index (χ0) is 21.1. The molecule has 0 bridgehead atoms. The molecular weight excluding hydrogens is 378 g/mol. The number of pyridine rings is 1. The highest BCUT2D eigenvalue weighted by molar-refractivity contribution is 5.91. The summed E-state index contributed by atoms with van der Waals surface area (Å²) in [5.74, 6) is 1.48. The zero-order valence-corrected chi connectivity index (χ0v) is 16.4. The predicted octanol–water partition coefficient (Wildman–Crippen LogP) is 1.47. The Hall–Kier alpha value is -3.82. The van der Waals surface area contributed by atoms with Gasteiger partial charge in [0.1, 0.15) is 17.4 Å². The molecule has 1 amide bonds. The number of nitrogen functional groups attached to an aromatic ring is 1. The summed E-state index contributed by atoms with van der Waals surface area (Å²) in [5.41, 5.74) is 7.96. The second kappa shape index (κ2) is 8.05. The number of amides is 1. The fourth-order valence-corrected chi connectivity index (χ4v) is 2.90. The van der Waals surface area contributed by atoms with Crippen molar-refractivity contribution in [3.8, 4) is 28.5 Å². The number of carbonyl (C=O) groups is 1. The molecule has 2 N–H and O–H groups in total. The van der Waals surface area contributed by atoms with Gasteiger partial charge < -0.3 is 34.7 Å². The maximum absolute atomic E-state index is 11.3. The van der Waals surface area contributed by atoms with Crippen LogP contribution in [0.1, 0.15) is 6.92 Å². The number of hydrogen-bond acceptors (Lipinski definition) is 9. The van der Waals surface area contributed by atoms with E-state index in [0.29, 0.717) is 34.0 Å². The molecule has 0 fully saturated rings. The van der Waals surface area contributed by atoms with Crippen LogP contribution in [0.25, 0.3) is 22.4 Å². The van der Waals surface area contributed by atoms with Crippen LogP contribution in [0.4, 0.5) is 16.3 Å². The van der Waals surface area contributed by atoms with Gasteiger partial charge in [0.2, 0.25) is 5.75 Å². The van der Waals surface area contributed by atoms with E-state index in [-0.39, 0.29) is 23.7 Å². The molecule has 10 nitrogen and oxygen atoms in total. The van der Waals surface area contributed by atoms with Crippen LogP contribution in [0.15, 0.2) is 24.4 Å². The molecule has 0 aliphatic heterocycles. The number of fused-ring (bicyclic) bond motifs is 1. The second-order valence-corrected chi connectivity index (χ2v) is 5.92. The van der Waals surface area contributed by atoms with E-state index >= 15 is 0 Å². The first kappa shape index (κ1) is 19.9. The van der Waals surface area contributed by atoms with Crippen molar-refractivity contribution in [1.82, 2.24) is 15.0 Å². The van der Waals surface area contributed by atoms with Gasteiger partial charge in [0.15, 0.2) is 17.1 Å². The van der Waals surface area contributed by atoms with Crippen molar-refractivity contribution in [2.24, 2.45) is 0 Å². The van der Waals surface area contributed by atoms with E-state index in [9.17, 15) is 9.90 Å². The van der Waals surface area contributed by atoms with E-state index in [1.165, 1.54) is 33.6 Å². The lowest BCUT2D eigenvalue weighted by molar-refractivity contribution is -0.246. The fourth-order valence-electron chi connectivity index (χ4n) is 2.90. The molecule has 3 rings (SSSR count). The molecule has 0 saturated carbocycles. The number of anilines is 2. The number of rotatable bonds is 6. The lowest BCUT2D eigenvalue weighted by Crippen LogP contribution is -2.41. The van der Waals surface area contributed by atoms with Gasteiger partial charge in [0.25, 0.3) is 0 Å². The van der Waals surface area contributed by atoms with Gasteiger partial charge in [-0.25, -0.2) is 15.0 Å². The highest BCUT2D eigenvalue weighted by Crippen LogP contribution is 2.41. The average Bonchev–Trinajstić information content (AvgIpc) is 2.72. The van der Waals surface area contributed by atoms with E-state index in [4.69, 9.17) is 19.9 Å². The van der Waals surface area contributed by atoms with Crippen LogP contribution in [0.5, 0.6) is 17.2 Å². The van der Waals surface area contributed by atoms with Gasteiger partial charge in [-0.2, -0.15) is 0 Å². The van der Waals surface area contributed by atoms with Gasteiger partial charge >= 0.3 is 0 Å². The molecule has 1 aromatic carbocycles. The highest BCUT2D eigenvalue weighted by atomic mass is 16.5. The number of nitrogens with zero attached hydrogens (tertiary/aromatic N) is 4. The minimum atomic E-state index is -1.38. The number of methoxy groups -OCH3 is 3. The number of carboxylic acid groups (broad SMARTS) is 1. The van der Waals surface area contributed by atoms with E-state index in [1.807, 2.05) is 0 Å². The topological polar surface area (TPSA) is 136 Å². The maximum Gasteiger partial charge on any atom is 0.203 e. The molecule has 152 valence electrons. The van der Waals surface area contributed by atoms with E-state index in [1.54, 1.807) is 19.1 Å². The van der Waals surface area contributed by atoms with Crippen molar-refractivity contribution < 1.29 is 24.1 Å². The molecular formula is C19H20N5O5-. The summed E-state index contributed by atoms with van der Waals surface area (Å²) in [4.78, 5) is 25.4. The number of benzene rings is 1. The second-order valence-electron chi connectivity index (χ2n) is 5.92. The normalized spacial score (nSPS) is 10.6. The smallest absolute Gasteiger partial charge is 0.203 e. The van der Waals surface area contributed by atoms with Gasteiger partial charge in [-0.3, -0.25) is 0 Å². The van der Waals surface area contributed by atoms with Crippen LogP contribution in [-0.4, -0.2) is 48.9 Å². The molecule has 0 aliphatic carbocycles. The van der Waals surface area contributed by atoms with Crippen LogP contribution in [0.3, 0.4) is 0 Å². The van der Waals surface area contributed by atoms with Crippen molar-refractivity contribution in [2.45, 2.75) is 6.92 Å². The van der Waals surface area contributed by atoms with Gasteiger partial charge in [-0.1, -0.05) is 0 Å². The minimum absolute atomic E-state index is 0.119. The number of hydrogen-bond donors (Lipinski definition) is 1. The lowest BCUT2D eigenvalue weighted by atomic mass is 10.1. The van der Waals surface area contributed by atoms with E-state index in [0.717, 1.165) is 4.90 Å². The third-order valence-corrected chi connectivity index (χ3v) is 4.31. The van der Waals surface area contributed by atoms with Gasteiger partial charge in [-0.15, -0.1) is 0 Å². The first-order valence-electron chi connectivity index (χ1n) is 8.65.